The van der Waals surface area contributed by atoms with Crippen molar-refractivity contribution in [2.24, 2.45) is 0 Å². The monoisotopic (exact) mass is 402 g/mol. The summed E-state index contributed by atoms with van der Waals surface area (Å²) < 4.78 is 66.3. The maximum Gasteiger partial charge on any atom is 0.243 e. The predicted molar refractivity (Wildman–Crippen MR) is 104 cm³/mol. The molecule has 7 nitrogen and oxygen atoms in total. The van der Waals surface area contributed by atoms with Crippen molar-refractivity contribution in [1.82, 2.24) is 18.9 Å². The van der Waals surface area contributed by atoms with Gasteiger partial charge in [0.2, 0.25) is 10.0 Å². The first-order chi connectivity index (χ1) is 15.0. The first-order valence-electron chi connectivity index (χ1n) is 11.1. The van der Waals surface area contributed by atoms with Gasteiger partial charge in [-0.2, -0.15) is 9.40 Å². The summed E-state index contributed by atoms with van der Waals surface area (Å²) in [5.41, 5.74) is 2.92. The fourth-order valence-electron chi connectivity index (χ4n) is 3.95. The van der Waals surface area contributed by atoms with Gasteiger partial charge in [0.05, 0.1) is 14.2 Å². The number of hydrogen-bond donors (Lipinski definition) is 0. The minimum absolute atomic E-state index is 0.0247. The molecule has 2 aliphatic heterocycles. The summed E-state index contributed by atoms with van der Waals surface area (Å²) in [7, 11) is -3.85. The second-order valence-corrected chi connectivity index (χ2v) is 9.08. The van der Waals surface area contributed by atoms with Crippen LogP contribution in [0.1, 0.15) is 40.9 Å². The van der Waals surface area contributed by atoms with E-state index < -0.39 is 23.0 Å². The molecule has 28 heavy (non-hydrogen) atoms. The molecular formula is C20H22N4O3S. The summed E-state index contributed by atoms with van der Waals surface area (Å²) in [6.45, 7) is 0.137. The lowest BCUT2D eigenvalue weighted by atomic mass is 9.89. The lowest BCUT2D eigenvalue weighted by Gasteiger charge is -2.32. The van der Waals surface area contributed by atoms with Gasteiger partial charge in [-0.05, 0) is 66.6 Å². The molecule has 2 aromatic heterocycles. The lowest BCUT2D eigenvalue weighted by molar-refractivity contribution is 0.318. The quantitative estimate of drug-likeness (QED) is 0.673. The van der Waals surface area contributed by atoms with Gasteiger partial charge in [-0.25, -0.2) is 17.9 Å². The van der Waals surface area contributed by atoms with Crippen LogP contribution in [0.15, 0.2) is 41.7 Å². The van der Waals surface area contributed by atoms with E-state index in [9.17, 15) is 8.42 Å². The van der Waals surface area contributed by atoms with Gasteiger partial charge in [-0.3, -0.25) is 0 Å². The minimum Gasteiger partial charge on any atom is -0.493 e. The van der Waals surface area contributed by atoms with Crippen molar-refractivity contribution in [2.75, 3.05) is 19.6 Å². The second-order valence-electron chi connectivity index (χ2n) is 7.14. The molecule has 0 spiro atoms. The molecule has 0 N–H and O–H groups in total. The van der Waals surface area contributed by atoms with E-state index in [2.05, 4.69) is 10.1 Å². The van der Waals surface area contributed by atoms with Crippen molar-refractivity contribution in [3.63, 3.8) is 0 Å². The molecule has 1 fully saturated rings. The van der Waals surface area contributed by atoms with Crippen molar-refractivity contribution in [2.45, 2.75) is 37.0 Å². The number of aryl methyl sites for hydroxylation is 2. The molecule has 0 unspecified atom stereocenters. The van der Waals surface area contributed by atoms with Crippen LogP contribution in [-0.2, 0) is 16.4 Å². The highest BCUT2D eigenvalue weighted by Crippen LogP contribution is 2.34. The number of nitrogens with zero attached hydrogens (tertiary/aromatic N) is 4. The van der Waals surface area contributed by atoms with Crippen molar-refractivity contribution in [1.29, 1.82) is 0 Å². The maximum atomic E-state index is 13.3. The summed E-state index contributed by atoms with van der Waals surface area (Å²) >= 11 is 0. The van der Waals surface area contributed by atoms with Crippen LogP contribution < -0.4 is 4.74 Å². The zero-order valence-corrected chi connectivity index (χ0v) is 16.1. The van der Waals surface area contributed by atoms with Gasteiger partial charge in [0.15, 0.2) is 5.65 Å². The van der Waals surface area contributed by atoms with Crippen molar-refractivity contribution in [3.8, 4) is 5.75 Å². The summed E-state index contributed by atoms with van der Waals surface area (Å²) in [6.07, 6.45) is 2.32. The molecule has 2 aliphatic rings. The number of sulfonamides is 1. The van der Waals surface area contributed by atoms with E-state index in [1.807, 2.05) is 19.2 Å². The molecule has 5 rings (SSSR count). The van der Waals surface area contributed by atoms with E-state index in [0.29, 0.717) is 25.9 Å². The average molecular weight is 403 g/mol. The molecule has 1 aromatic carbocycles. The normalized spacial score (nSPS) is 24.0. The molecule has 4 heterocycles. The Morgan fingerprint density at radius 3 is 2.89 bits per heavy atom. The molecule has 146 valence electrons. The topological polar surface area (TPSA) is 76.8 Å². The number of rotatable bonds is 3. The van der Waals surface area contributed by atoms with Gasteiger partial charge < -0.3 is 4.74 Å². The molecule has 8 heteroatoms. The predicted octanol–water partition coefficient (Wildman–Crippen LogP) is 2.54. The zero-order chi connectivity index (χ0) is 22.9. The Morgan fingerprint density at radius 2 is 2.07 bits per heavy atom. The highest BCUT2D eigenvalue weighted by atomic mass is 32.2. The molecule has 0 bridgehead atoms. The van der Waals surface area contributed by atoms with Crippen LogP contribution in [0.4, 0.5) is 0 Å². The Kier molecular flexibility index (Phi) is 3.21. The molecule has 0 aliphatic carbocycles. The summed E-state index contributed by atoms with van der Waals surface area (Å²) in [5, 5.41) is 4.19. The zero-order valence-electron chi connectivity index (χ0n) is 19.3. The van der Waals surface area contributed by atoms with Gasteiger partial charge in [-0.15, -0.1) is 0 Å². The van der Waals surface area contributed by atoms with Gasteiger partial charge in [0.25, 0.3) is 0 Å². The number of piperidine rings is 1. The fraction of sp³-hybridized carbons (Fsp3) is 0.400. The van der Waals surface area contributed by atoms with Crippen LogP contribution in [0, 0.1) is 6.92 Å². The molecule has 3 aromatic rings. The third-order valence-electron chi connectivity index (χ3n) is 5.49. The largest absolute Gasteiger partial charge is 0.493 e. The lowest BCUT2D eigenvalue weighted by Crippen LogP contribution is -2.38. The highest BCUT2D eigenvalue weighted by molar-refractivity contribution is 7.89. The molecule has 0 saturated carbocycles. The van der Waals surface area contributed by atoms with Crippen LogP contribution in [-0.4, -0.2) is 47.0 Å². The Hall–Kier alpha value is -2.45. The minimum atomic E-state index is -3.85. The van der Waals surface area contributed by atoms with E-state index in [1.165, 1.54) is 28.8 Å². The van der Waals surface area contributed by atoms with Crippen LogP contribution in [0.25, 0.3) is 5.65 Å². The van der Waals surface area contributed by atoms with Crippen LogP contribution in [0.5, 0.6) is 5.75 Å². The first kappa shape index (κ1) is 13.7. The van der Waals surface area contributed by atoms with E-state index >= 15 is 0 Å². The molecular weight excluding hydrogens is 376 g/mol. The van der Waals surface area contributed by atoms with E-state index in [1.54, 1.807) is 4.52 Å². The first-order valence-corrected chi connectivity index (χ1v) is 10.6. The van der Waals surface area contributed by atoms with Gasteiger partial charge in [-0.1, -0.05) is 0 Å². The number of benzene rings is 1. The molecule has 0 radical (unpaired) electrons. The molecule has 0 atom stereocenters. The number of pyridine rings is 1. The fourth-order valence-corrected chi connectivity index (χ4v) is 5.44. The van der Waals surface area contributed by atoms with Crippen LogP contribution >= 0.6 is 0 Å². The number of ether oxygens (including phenoxy) is 1. The van der Waals surface area contributed by atoms with E-state index in [4.69, 9.17) is 10.2 Å². The smallest absolute Gasteiger partial charge is 0.243 e. The van der Waals surface area contributed by atoms with Gasteiger partial charge in [0, 0.05) is 28.4 Å². The summed E-state index contributed by atoms with van der Waals surface area (Å²) in [4.78, 5) is 4.14. The van der Waals surface area contributed by atoms with Gasteiger partial charge >= 0.3 is 0 Å². The molecule has 1 saturated heterocycles. The van der Waals surface area contributed by atoms with Crippen molar-refractivity contribution in [3.05, 3.63) is 53.5 Å². The van der Waals surface area contributed by atoms with Crippen molar-refractivity contribution < 1.29 is 18.6 Å². The number of aromatic nitrogens is 3. The molecule has 0 amide bonds. The van der Waals surface area contributed by atoms with Crippen LogP contribution in [0.2, 0.25) is 0 Å². The number of fused-ring (bicyclic) bond motifs is 2. The Labute approximate surface area is 169 Å². The summed E-state index contributed by atoms with van der Waals surface area (Å²) in [5.74, 6) is 0.224. The second kappa shape index (κ2) is 6.56. The third-order valence-corrected chi connectivity index (χ3v) is 7.39. The van der Waals surface area contributed by atoms with E-state index in [-0.39, 0.29) is 22.1 Å². The highest BCUT2D eigenvalue weighted by Gasteiger charge is 2.31. The maximum absolute atomic E-state index is 13.3. The SMILES string of the molecule is [2H]C1([2H])Oc2ccc(S(=O)(=O)N3CCC(c4cn5ncnc5cc4C)CC3)cc2C1([2H])[2H]. The Morgan fingerprint density at radius 1 is 1.25 bits per heavy atom. The third kappa shape index (κ3) is 2.87. The number of hydrogen-bond acceptors (Lipinski definition) is 5. The standard InChI is InChI=1S/C20H22N4O3S/c1-14-10-20-21-13-22-24(20)12-18(14)15-4-7-23(8-5-15)28(25,26)17-2-3-19-16(11-17)6-9-27-19/h2-3,10-13,15H,4-9H2,1H3/i6D2,9D2. The Balaban J connectivity index is 1.37. The van der Waals surface area contributed by atoms with Crippen molar-refractivity contribution >= 4 is 15.7 Å². The van der Waals surface area contributed by atoms with E-state index in [0.717, 1.165) is 16.8 Å². The summed E-state index contributed by atoms with van der Waals surface area (Å²) in [6, 6.07) is 5.85. The average Bonchev–Trinajstić information content (AvgIpc) is 3.26. The van der Waals surface area contributed by atoms with Crippen LogP contribution in [0.3, 0.4) is 0 Å². The Bertz CT molecular complexity index is 1320. The van der Waals surface area contributed by atoms with Gasteiger partial charge in [0.1, 0.15) is 12.1 Å².